The molecule has 3 atom stereocenters. The molecular formula is C15H21FN4O2. The van der Waals surface area contributed by atoms with Gasteiger partial charge in [0.25, 0.3) is 0 Å². The van der Waals surface area contributed by atoms with Crippen molar-refractivity contribution >= 4 is 5.69 Å². The maximum absolute atomic E-state index is 13.0. The van der Waals surface area contributed by atoms with E-state index in [1.54, 1.807) is 7.11 Å². The highest BCUT2D eigenvalue weighted by molar-refractivity contribution is 5.49. The van der Waals surface area contributed by atoms with Crippen molar-refractivity contribution in [2.75, 3.05) is 38.9 Å². The molecule has 0 bridgehead atoms. The number of rotatable bonds is 7. The number of hydrogen-bond donors (Lipinski definition) is 0. The zero-order valence-corrected chi connectivity index (χ0v) is 12.9. The maximum Gasteiger partial charge on any atom is 0.101 e. The van der Waals surface area contributed by atoms with Crippen molar-refractivity contribution in [1.82, 2.24) is 0 Å². The minimum atomic E-state index is -0.856. The average Bonchev–Trinajstić information content (AvgIpc) is 3.04. The van der Waals surface area contributed by atoms with Crippen molar-refractivity contribution in [3.05, 3.63) is 40.3 Å². The molecule has 0 saturated carbocycles. The van der Waals surface area contributed by atoms with Crippen LogP contribution in [0.2, 0.25) is 0 Å². The van der Waals surface area contributed by atoms with Gasteiger partial charge in [-0.2, -0.15) is 0 Å². The van der Waals surface area contributed by atoms with Crippen molar-refractivity contribution in [3.63, 3.8) is 0 Å². The molecule has 22 heavy (non-hydrogen) atoms. The number of azide groups is 1. The minimum absolute atomic E-state index is 0.271. The van der Waals surface area contributed by atoms with Gasteiger partial charge in [0.1, 0.15) is 6.67 Å². The van der Waals surface area contributed by atoms with E-state index >= 15 is 0 Å². The van der Waals surface area contributed by atoms with Crippen molar-refractivity contribution < 1.29 is 13.9 Å². The molecule has 1 fully saturated rings. The standard InChI is InChI=1S/C15H21FN4O2/c1-21-13-7-8-20(10-13)12-5-3-11(4-6-12)15(22-2)14(9-16)18-19-17/h3-6,13-15H,7-10H2,1-2H3/t13-,14-,15-/m1/s1. The highest BCUT2D eigenvalue weighted by Crippen LogP contribution is 2.27. The summed E-state index contributed by atoms with van der Waals surface area (Å²) in [5.74, 6) is 0. The second-order valence-corrected chi connectivity index (χ2v) is 5.27. The van der Waals surface area contributed by atoms with Gasteiger partial charge in [0.05, 0.1) is 18.2 Å². The summed E-state index contributed by atoms with van der Waals surface area (Å²) in [6, 6.07) is 6.87. The summed E-state index contributed by atoms with van der Waals surface area (Å²) in [5, 5.41) is 3.46. The fraction of sp³-hybridized carbons (Fsp3) is 0.600. The van der Waals surface area contributed by atoms with Crippen LogP contribution in [0.15, 0.2) is 29.4 Å². The molecule has 1 aliphatic heterocycles. The number of methoxy groups -OCH3 is 2. The maximum atomic E-state index is 13.0. The van der Waals surface area contributed by atoms with E-state index in [-0.39, 0.29) is 6.10 Å². The van der Waals surface area contributed by atoms with Crippen molar-refractivity contribution in [2.45, 2.75) is 24.7 Å². The first-order valence-electron chi connectivity index (χ1n) is 7.24. The first-order chi connectivity index (χ1) is 10.7. The molecule has 0 unspecified atom stereocenters. The molecule has 1 aromatic rings. The van der Waals surface area contributed by atoms with Gasteiger partial charge in [-0.3, -0.25) is 4.39 Å². The lowest BCUT2D eigenvalue weighted by molar-refractivity contribution is 0.0722. The molecule has 0 aliphatic carbocycles. The predicted molar refractivity (Wildman–Crippen MR) is 82.7 cm³/mol. The monoisotopic (exact) mass is 308 g/mol. The largest absolute Gasteiger partial charge is 0.380 e. The third-order valence-corrected chi connectivity index (χ3v) is 4.03. The third kappa shape index (κ3) is 3.68. The quantitative estimate of drug-likeness (QED) is 0.441. The molecule has 1 heterocycles. The zero-order valence-electron chi connectivity index (χ0n) is 12.9. The molecule has 1 saturated heterocycles. The van der Waals surface area contributed by atoms with Crippen molar-refractivity contribution in [3.8, 4) is 0 Å². The van der Waals surface area contributed by atoms with E-state index in [0.29, 0.717) is 0 Å². The van der Waals surface area contributed by atoms with E-state index in [9.17, 15) is 4.39 Å². The van der Waals surface area contributed by atoms with Crippen LogP contribution in [0.5, 0.6) is 0 Å². The molecule has 1 aromatic carbocycles. The van der Waals surface area contributed by atoms with Gasteiger partial charge in [0, 0.05) is 37.9 Å². The first kappa shape index (κ1) is 16.5. The topological polar surface area (TPSA) is 70.5 Å². The lowest BCUT2D eigenvalue weighted by Crippen LogP contribution is -2.23. The SMILES string of the molecule is CO[C@@H]1CCN(c2ccc([C@@H](OC)[C@@H](CF)N=[N+]=[N-])cc2)C1. The van der Waals surface area contributed by atoms with Gasteiger partial charge in [-0.15, -0.1) is 0 Å². The Morgan fingerprint density at radius 3 is 2.64 bits per heavy atom. The van der Waals surface area contributed by atoms with Crippen LogP contribution in [-0.2, 0) is 9.47 Å². The highest BCUT2D eigenvalue weighted by Gasteiger charge is 2.24. The fourth-order valence-corrected chi connectivity index (χ4v) is 2.78. The molecule has 7 heteroatoms. The number of nitrogens with zero attached hydrogens (tertiary/aromatic N) is 4. The normalized spacial score (nSPS) is 20.5. The second-order valence-electron chi connectivity index (χ2n) is 5.27. The van der Waals surface area contributed by atoms with E-state index in [1.165, 1.54) is 7.11 Å². The Morgan fingerprint density at radius 1 is 1.41 bits per heavy atom. The molecule has 0 aromatic heterocycles. The number of hydrogen-bond acceptors (Lipinski definition) is 4. The molecule has 0 amide bonds. The van der Waals surface area contributed by atoms with Gasteiger partial charge in [-0.05, 0) is 29.6 Å². The molecule has 6 nitrogen and oxygen atoms in total. The summed E-state index contributed by atoms with van der Waals surface area (Å²) in [7, 11) is 3.21. The van der Waals surface area contributed by atoms with Crippen LogP contribution in [0.4, 0.5) is 10.1 Å². The molecule has 0 spiro atoms. The first-order valence-corrected chi connectivity index (χ1v) is 7.24. The van der Waals surface area contributed by atoms with E-state index in [2.05, 4.69) is 14.9 Å². The van der Waals surface area contributed by atoms with Crippen LogP contribution in [0, 0.1) is 0 Å². The smallest absolute Gasteiger partial charge is 0.101 e. The van der Waals surface area contributed by atoms with Crippen LogP contribution >= 0.6 is 0 Å². The third-order valence-electron chi connectivity index (χ3n) is 4.03. The lowest BCUT2D eigenvalue weighted by Gasteiger charge is -2.22. The van der Waals surface area contributed by atoms with E-state index in [1.807, 2.05) is 24.3 Å². The summed E-state index contributed by atoms with van der Waals surface area (Å²) in [6.07, 6.45) is 0.701. The molecule has 0 radical (unpaired) electrons. The van der Waals surface area contributed by atoms with Crippen LogP contribution in [-0.4, -0.2) is 46.1 Å². The molecule has 1 aliphatic rings. The van der Waals surface area contributed by atoms with Crippen LogP contribution in [0.25, 0.3) is 10.4 Å². The van der Waals surface area contributed by atoms with Crippen molar-refractivity contribution in [1.29, 1.82) is 0 Å². The van der Waals surface area contributed by atoms with Crippen LogP contribution in [0.3, 0.4) is 0 Å². The predicted octanol–water partition coefficient (Wildman–Crippen LogP) is 3.25. The zero-order chi connectivity index (χ0) is 15.9. The van der Waals surface area contributed by atoms with Gasteiger partial charge in [-0.25, -0.2) is 0 Å². The number of anilines is 1. The Labute approximate surface area is 129 Å². The minimum Gasteiger partial charge on any atom is -0.380 e. The Hall–Kier alpha value is -1.82. The Balaban J connectivity index is 2.11. The summed E-state index contributed by atoms with van der Waals surface area (Å²) >= 11 is 0. The van der Waals surface area contributed by atoms with Crippen molar-refractivity contribution in [2.24, 2.45) is 5.11 Å². The summed E-state index contributed by atoms with van der Waals surface area (Å²) in [4.78, 5) is 4.93. The number of ether oxygens (including phenoxy) is 2. The van der Waals surface area contributed by atoms with E-state index < -0.39 is 18.8 Å². The van der Waals surface area contributed by atoms with Crippen LogP contribution < -0.4 is 4.90 Å². The molecular weight excluding hydrogens is 287 g/mol. The summed E-state index contributed by atoms with van der Waals surface area (Å²) < 4.78 is 23.7. The van der Waals surface area contributed by atoms with Gasteiger partial charge in [-0.1, -0.05) is 17.2 Å². The Morgan fingerprint density at radius 2 is 2.14 bits per heavy atom. The lowest BCUT2D eigenvalue weighted by atomic mass is 10.0. The Kier molecular flexibility index (Phi) is 6.00. The van der Waals surface area contributed by atoms with E-state index in [4.69, 9.17) is 15.0 Å². The highest BCUT2D eigenvalue weighted by atomic mass is 19.1. The van der Waals surface area contributed by atoms with Crippen LogP contribution in [0.1, 0.15) is 18.1 Å². The van der Waals surface area contributed by atoms with Gasteiger partial charge < -0.3 is 14.4 Å². The molecule has 0 N–H and O–H groups in total. The number of halogens is 1. The number of benzene rings is 1. The molecule has 2 rings (SSSR count). The van der Waals surface area contributed by atoms with Gasteiger partial charge in [0.15, 0.2) is 0 Å². The average molecular weight is 308 g/mol. The Bertz CT molecular complexity index is 519. The van der Waals surface area contributed by atoms with E-state index in [0.717, 1.165) is 30.8 Å². The summed E-state index contributed by atoms with van der Waals surface area (Å²) in [5.41, 5.74) is 10.4. The fourth-order valence-electron chi connectivity index (χ4n) is 2.78. The second kappa shape index (κ2) is 7.98. The number of alkyl halides is 1. The van der Waals surface area contributed by atoms with Gasteiger partial charge in [0.2, 0.25) is 0 Å². The van der Waals surface area contributed by atoms with Gasteiger partial charge >= 0.3 is 0 Å². The summed E-state index contributed by atoms with van der Waals surface area (Å²) in [6.45, 7) is 1.07. The molecule has 120 valence electrons.